The van der Waals surface area contributed by atoms with Gasteiger partial charge in [-0.05, 0) is 63.6 Å². The number of hydrogen-bond donors (Lipinski definition) is 1. The third-order valence-corrected chi connectivity index (χ3v) is 9.24. The summed E-state index contributed by atoms with van der Waals surface area (Å²) in [5.74, 6) is 0.291. The summed E-state index contributed by atoms with van der Waals surface area (Å²) in [5, 5.41) is 15.3. The highest BCUT2D eigenvalue weighted by molar-refractivity contribution is 5.99. The van der Waals surface area contributed by atoms with Crippen molar-refractivity contribution < 1.29 is 13.9 Å². The minimum atomic E-state index is -0.534. The molecule has 47 heavy (non-hydrogen) atoms. The quantitative estimate of drug-likeness (QED) is 0.202. The lowest BCUT2D eigenvalue weighted by atomic mass is 9.97. The molecule has 1 amide bonds. The predicted octanol–water partition coefficient (Wildman–Crippen LogP) is 4.86. The van der Waals surface area contributed by atoms with Crippen LogP contribution in [0.2, 0.25) is 0 Å². The van der Waals surface area contributed by atoms with E-state index in [0.717, 1.165) is 45.6 Å². The second-order valence-corrected chi connectivity index (χ2v) is 12.6. The highest BCUT2D eigenvalue weighted by Gasteiger charge is 2.35. The molecule has 0 aliphatic carbocycles. The van der Waals surface area contributed by atoms with Crippen molar-refractivity contribution in [2.75, 3.05) is 45.0 Å². The van der Waals surface area contributed by atoms with Gasteiger partial charge in [0.05, 0.1) is 18.0 Å². The average molecular weight is 638 g/mol. The highest BCUT2D eigenvalue weighted by atomic mass is 19.1. The smallest absolute Gasteiger partial charge is 0.264 e. The van der Waals surface area contributed by atoms with E-state index in [4.69, 9.17) is 15.6 Å². The van der Waals surface area contributed by atoms with Crippen LogP contribution >= 0.6 is 0 Å². The molecule has 12 heteroatoms. The number of carbonyl (C=O) groups is 1. The maximum absolute atomic E-state index is 15.6. The molecular formula is C35H40FN9O2. The van der Waals surface area contributed by atoms with Crippen LogP contribution in [0.5, 0.6) is 11.5 Å². The van der Waals surface area contributed by atoms with E-state index >= 15 is 4.39 Å². The number of nitriles is 1. The number of carbonyl (C=O) groups excluding carboxylic acids is 1. The first-order valence-electron chi connectivity index (χ1n) is 16.1. The van der Waals surface area contributed by atoms with Gasteiger partial charge < -0.3 is 20.3 Å². The van der Waals surface area contributed by atoms with Gasteiger partial charge in [0.25, 0.3) is 5.91 Å². The third kappa shape index (κ3) is 6.68. The Labute approximate surface area is 274 Å². The van der Waals surface area contributed by atoms with Crippen molar-refractivity contribution in [1.82, 2.24) is 34.4 Å². The van der Waals surface area contributed by atoms with Crippen LogP contribution < -0.4 is 10.5 Å². The van der Waals surface area contributed by atoms with Gasteiger partial charge in [-0.3, -0.25) is 9.69 Å². The number of hydrogen-bond acceptors (Lipinski definition) is 9. The molecule has 2 N–H and O–H groups in total. The number of nitrogens with zero attached hydrogens (tertiary/aromatic N) is 8. The van der Waals surface area contributed by atoms with Crippen LogP contribution in [0.15, 0.2) is 66.5 Å². The molecule has 0 saturated carbocycles. The molecule has 0 spiro atoms. The molecule has 2 aromatic heterocycles. The topological polar surface area (TPSA) is 129 Å². The molecular weight excluding hydrogens is 597 g/mol. The zero-order valence-electron chi connectivity index (χ0n) is 27.1. The molecule has 2 saturated heterocycles. The first-order valence-corrected chi connectivity index (χ1v) is 16.1. The molecule has 2 fully saturated rings. The molecule has 6 rings (SSSR count). The molecule has 4 heterocycles. The summed E-state index contributed by atoms with van der Waals surface area (Å²) < 4.78 is 23.1. The minimum absolute atomic E-state index is 0.136. The van der Waals surface area contributed by atoms with Crippen LogP contribution in [0, 0.1) is 17.1 Å². The standard InChI is InChI=1S/C35H40FN9O2/c1-4-42-15-17-43(18-16-42)35(2,3)20-24(21-37)34(46)44-14-8-9-25(44)22-45-33-30(32(38)39-23-40-33)31(41-45)28-13-12-27(19-29(28)36)47-26-10-6-5-7-11-26/h5-7,10-13,19-20,23,25H,4,8-9,14-18,22H2,1-3H3,(H2,38,39,40)/b24-20-. The van der Waals surface area contributed by atoms with Gasteiger partial charge in [0, 0.05) is 49.9 Å². The average Bonchev–Trinajstić information content (AvgIpc) is 3.69. The zero-order chi connectivity index (χ0) is 33.1. The molecule has 2 aliphatic rings. The number of likely N-dealkylation sites (N-methyl/N-ethyl adjacent to an activating group) is 1. The summed E-state index contributed by atoms with van der Waals surface area (Å²) in [6.45, 7) is 11.8. The van der Waals surface area contributed by atoms with Gasteiger partial charge in [-0.2, -0.15) is 10.4 Å². The normalized spacial score (nSPS) is 18.1. The van der Waals surface area contributed by atoms with Crippen molar-refractivity contribution in [3.05, 3.63) is 72.3 Å². The highest BCUT2D eigenvalue weighted by Crippen LogP contribution is 2.35. The number of halogens is 1. The van der Waals surface area contributed by atoms with Gasteiger partial charge in [0.15, 0.2) is 5.65 Å². The van der Waals surface area contributed by atoms with E-state index in [1.54, 1.807) is 33.8 Å². The molecule has 0 bridgehead atoms. The number of para-hydroxylation sites is 1. The van der Waals surface area contributed by atoms with Crippen molar-refractivity contribution in [2.45, 2.75) is 51.7 Å². The number of amides is 1. The second kappa shape index (κ2) is 13.5. The Balaban J connectivity index is 1.25. The Kier molecular flexibility index (Phi) is 9.20. The van der Waals surface area contributed by atoms with E-state index in [9.17, 15) is 10.1 Å². The van der Waals surface area contributed by atoms with Gasteiger partial charge >= 0.3 is 0 Å². The summed E-state index contributed by atoms with van der Waals surface area (Å²) in [7, 11) is 0. The SMILES string of the molecule is CCN1CCN(C(C)(C)/C=C(/C#N)C(=O)N2CCCC2Cn2nc(-c3ccc(Oc4ccccc4)cc3F)c3c(N)ncnc32)CC1. The fourth-order valence-electron chi connectivity index (χ4n) is 6.60. The molecule has 2 aliphatic heterocycles. The first-order chi connectivity index (χ1) is 22.7. The minimum Gasteiger partial charge on any atom is -0.457 e. The number of nitrogen functional groups attached to an aromatic ring is 1. The van der Waals surface area contributed by atoms with E-state index in [1.807, 2.05) is 24.3 Å². The number of benzene rings is 2. The van der Waals surface area contributed by atoms with Crippen molar-refractivity contribution in [3.8, 4) is 28.8 Å². The van der Waals surface area contributed by atoms with Gasteiger partial charge in [0.2, 0.25) is 0 Å². The lowest BCUT2D eigenvalue weighted by molar-refractivity contribution is -0.127. The summed E-state index contributed by atoms with van der Waals surface area (Å²) in [5.41, 5.74) is 6.96. The second-order valence-electron chi connectivity index (χ2n) is 12.6. The molecule has 1 unspecified atom stereocenters. The molecule has 4 aromatic rings. The van der Waals surface area contributed by atoms with Crippen LogP contribution in [0.3, 0.4) is 0 Å². The number of nitrogens with two attached hydrogens (primary N) is 1. The molecule has 244 valence electrons. The van der Waals surface area contributed by atoms with E-state index in [-0.39, 0.29) is 28.9 Å². The molecule has 0 radical (unpaired) electrons. The number of rotatable bonds is 9. The van der Waals surface area contributed by atoms with E-state index in [2.05, 4.69) is 46.6 Å². The lowest BCUT2D eigenvalue weighted by Gasteiger charge is -2.42. The van der Waals surface area contributed by atoms with Crippen LogP contribution in [0.1, 0.15) is 33.6 Å². The molecule has 2 aromatic carbocycles. The van der Waals surface area contributed by atoms with Gasteiger partial charge in [-0.15, -0.1) is 0 Å². The van der Waals surface area contributed by atoms with Gasteiger partial charge in [0.1, 0.15) is 46.8 Å². The van der Waals surface area contributed by atoms with E-state index in [0.29, 0.717) is 41.3 Å². The van der Waals surface area contributed by atoms with Gasteiger partial charge in [-0.1, -0.05) is 25.1 Å². The Hall–Kier alpha value is -4.86. The number of aromatic nitrogens is 4. The number of ether oxygens (including phenoxy) is 1. The largest absolute Gasteiger partial charge is 0.457 e. The van der Waals surface area contributed by atoms with Crippen LogP contribution in [-0.2, 0) is 11.3 Å². The third-order valence-electron chi connectivity index (χ3n) is 9.24. The van der Waals surface area contributed by atoms with Crippen molar-refractivity contribution in [2.24, 2.45) is 0 Å². The molecule has 11 nitrogen and oxygen atoms in total. The summed E-state index contributed by atoms with van der Waals surface area (Å²) >= 11 is 0. The van der Waals surface area contributed by atoms with Crippen molar-refractivity contribution >= 4 is 22.8 Å². The van der Waals surface area contributed by atoms with Crippen molar-refractivity contribution in [3.63, 3.8) is 0 Å². The fourth-order valence-corrected chi connectivity index (χ4v) is 6.60. The Morgan fingerprint density at radius 3 is 2.57 bits per heavy atom. The zero-order valence-corrected chi connectivity index (χ0v) is 27.1. The number of piperazine rings is 1. The van der Waals surface area contributed by atoms with Crippen molar-refractivity contribution in [1.29, 1.82) is 5.26 Å². The van der Waals surface area contributed by atoms with Crippen LogP contribution in [-0.4, -0.2) is 91.2 Å². The Bertz CT molecular complexity index is 1820. The predicted molar refractivity (Wildman–Crippen MR) is 178 cm³/mol. The monoisotopic (exact) mass is 637 g/mol. The summed E-state index contributed by atoms with van der Waals surface area (Å²) in [6, 6.07) is 15.7. The van der Waals surface area contributed by atoms with E-state index < -0.39 is 11.4 Å². The number of anilines is 1. The van der Waals surface area contributed by atoms with Crippen LogP contribution in [0.4, 0.5) is 10.2 Å². The van der Waals surface area contributed by atoms with E-state index in [1.165, 1.54) is 12.4 Å². The number of likely N-dealkylation sites (tertiary alicyclic amines) is 1. The van der Waals surface area contributed by atoms with Crippen LogP contribution in [0.25, 0.3) is 22.3 Å². The Morgan fingerprint density at radius 1 is 1.11 bits per heavy atom. The first kappa shape index (κ1) is 32.1. The van der Waals surface area contributed by atoms with Gasteiger partial charge in [-0.25, -0.2) is 19.0 Å². The maximum atomic E-state index is 15.6. The number of fused-ring (bicyclic) bond motifs is 1. The maximum Gasteiger partial charge on any atom is 0.264 e. The lowest BCUT2D eigenvalue weighted by Crippen LogP contribution is -2.54. The summed E-state index contributed by atoms with van der Waals surface area (Å²) in [4.78, 5) is 28.9. The molecule has 1 atom stereocenters. The fraction of sp³-hybridized carbons (Fsp3) is 0.400. The Morgan fingerprint density at radius 2 is 1.87 bits per heavy atom. The summed E-state index contributed by atoms with van der Waals surface area (Å²) in [6.07, 6.45) is 4.68.